The van der Waals surface area contributed by atoms with Crippen molar-refractivity contribution < 1.29 is 8.42 Å². The van der Waals surface area contributed by atoms with Crippen LogP contribution in [0.5, 0.6) is 0 Å². The van der Waals surface area contributed by atoms with Crippen molar-refractivity contribution in [2.75, 3.05) is 6.54 Å². The van der Waals surface area contributed by atoms with Gasteiger partial charge >= 0.3 is 0 Å². The predicted molar refractivity (Wildman–Crippen MR) is 85.7 cm³/mol. The van der Waals surface area contributed by atoms with Gasteiger partial charge in [0.05, 0.1) is 4.90 Å². The van der Waals surface area contributed by atoms with E-state index < -0.39 is 10.0 Å². The molecule has 3 nitrogen and oxygen atoms in total. The van der Waals surface area contributed by atoms with E-state index in [1.807, 2.05) is 31.2 Å². The van der Waals surface area contributed by atoms with Crippen LogP contribution in [0.1, 0.15) is 10.4 Å². The van der Waals surface area contributed by atoms with Gasteiger partial charge in [0.2, 0.25) is 0 Å². The molecule has 1 aromatic heterocycles. The number of benzene rings is 1. The Morgan fingerprint density at radius 2 is 2.00 bits per heavy atom. The summed E-state index contributed by atoms with van der Waals surface area (Å²) in [6.07, 6.45) is 4.59. The van der Waals surface area contributed by atoms with Crippen molar-refractivity contribution >= 4 is 21.4 Å². The summed E-state index contributed by atoms with van der Waals surface area (Å²) in [6, 6.07) is 11.1. The molecular formula is C16H17NO2S2. The molecule has 0 saturated carbocycles. The van der Waals surface area contributed by atoms with E-state index in [0.717, 1.165) is 12.0 Å². The van der Waals surface area contributed by atoms with E-state index in [-0.39, 0.29) is 5.92 Å². The molecule has 1 unspecified atom stereocenters. The molecule has 0 bridgehead atoms. The van der Waals surface area contributed by atoms with Gasteiger partial charge in [-0.2, -0.15) is 0 Å². The molecule has 0 aliphatic carbocycles. The van der Waals surface area contributed by atoms with Gasteiger partial charge in [0.25, 0.3) is 10.0 Å². The monoisotopic (exact) mass is 319 g/mol. The second kappa shape index (κ2) is 5.66. The lowest BCUT2D eigenvalue weighted by molar-refractivity contribution is 0.480. The molecular weight excluding hydrogens is 302 g/mol. The van der Waals surface area contributed by atoms with Crippen molar-refractivity contribution in [1.29, 1.82) is 0 Å². The van der Waals surface area contributed by atoms with E-state index in [1.54, 1.807) is 29.7 Å². The number of aryl methyl sites for hydroxylation is 1. The molecule has 1 atom stereocenters. The van der Waals surface area contributed by atoms with E-state index in [0.29, 0.717) is 11.4 Å². The molecule has 21 heavy (non-hydrogen) atoms. The Kier molecular flexibility index (Phi) is 3.87. The van der Waals surface area contributed by atoms with Crippen LogP contribution in [0, 0.1) is 12.8 Å². The zero-order valence-corrected chi connectivity index (χ0v) is 13.4. The van der Waals surface area contributed by atoms with Crippen LogP contribution in [0.25, 0.3) is 0 Å². The first-order valence-electron chi connectivity index (χ1n) is 6.85. The highest BCUT2D eigenvalue weighted by atomic mass is 32.2. The Bertz CT molecular complexity index is 731. The summed E-state index contributed by atoms with van der Waals surface area (Å²) >= 11 is 1.71. The minimum Gasteiger partial charge on any atom is -0.273 e. The number of sulfonamides is 1. The van der Waals surface area contributed by atoms with Gasteiger partial charge < -0.3 is 0 Å². The standard InChI is InChI=1S/C16H17NO2S2/c1-13-4-6-16(7-5-13)21(18,19)17-9-8-14(12-17)11-15-3-2-10-20-15/h2-10,14H,11-12H2,1H3. The molecule has 0 amide bonds. The summed E-state index contributed by atoms with van der Waals surface area (Å²) in [5, 5.41) is 2.05. The maximum Gasteiger partial charge on any atom is 0.263 e. The molecule has 2 heterocycles. The second-order valence-corrected chi connectivity index (χ2v) is 8.20. The maximum absolute atomic E-state index is 12.6. The van der Waals surface area contributed by atoms with E-state index in [1.165, 1.54) is 9.18 Å². The first-order valence-corrected chi connectivity index (χ1v) is 9.17. The summed E-state index contributed by atoms with van der Waals surface area (Å²) in [4.78, 5) is 1.65. The van der Waals surface area contributed by atoms with Crippen LogP contribution in [0.15, 0.2) is 58.9 Å². The Morgan fingerprint density at radius 3 is 2.67 bits per heavy atom. The Balaban J connectivity index is 1.73. The molecule has 0 saturated heterocycles. The van der Waals surface area contributed by atoms with Crippen molar-refractivity contribution in [3.8, 4) is 0 Å². The van der Waals surface area contributed by atoms with Crippen LogP contribution in [0.2, 0.25) is 0 Å². The minimum atomic E-state index is -3.42. The molecule has 0 N–H and O–H groups in total. The first-order chi connectivity index (χ1) is 10.1. The Hall–Kier alpha value is -1.59. The van der Waals surface area contributed by atoms with Gasteiger partial charge in [-0.15, -0.1) is 11.3 Å². The van der Waals surface area contributed by atoms with Gasteiger partial charge in [0.15, 0.2) is 0 Å². The van der Waals surface area contributed by atoms with Crippen LogP contribution in [-0.2, 0) is 16.4 Å². The number of hydrogen-bond acceptors (Lipinski definition) is 3. The minimum absolute atomic E-state index is 0.254. The smallest absolute Gasteiger partial charge is 0.263 e. The fraction of sp³-hybridized carbons (Fsp3) is 0.250. The molecule has 0 radical (unpaired) electrons. The van der Waals surface area contributed by atoms with E-state index >= 15 is 0 Å². The fourth-order valence-corrected chi connectivity index (χ4v) is 4.58. The number of thiophene rings is 1. The topological polar surface area (TPSA) is 37.4 Å². The average molecular weight is 319 g/mol. The SMILES string of the molecule is Cc1ccc(S(=O)(=O)N2C=CC(Cc3cccs3)C2)cc1. The summed E-state index contributed by atoms with van der Waals surface area (Å²) in [7, 11) is -3.42. The maximum atomic E-state index is 12.6. The number of nitrogens with zero attached hydrogens (tertiary/aromatic N) is 1. The van der Waals surface area contributed by atoms with Gasteiger partial charge in [-0.25, -0.2) is 8.42 Å². The van der Waals surface area contributed by atoms with Gasteiger partial charge in [-0.3, -0.25) is 4.31 Å². The van der Waals surface area contributed by atoms with Crippen molar-refractivity contribution in [3.63, 3.8) is 0 Å². The fourth-order valence-electron chi connectivity index (χ4n) is 2.41. The van der Waals surface area contributed by atoms with E-state index in [9.17, 15) is 8.42 Å². The molecule has 0 spiro atoms. The Morgan fingerprint density at radius 1 is 1.24 bits per heavy atom. The highest BCUT2D eigenvalue weighted by Crippen LogP contribution is 2.25. The van der Waals surface area contributed by atoms with E-state index in [4.69, 9.17) is 0 Å². The van der Waals surface area contributed by atoms with Crippen LogP contribution in [-0.4, -0.2) is 19.3 Å². The lowest BCUT2D eigenvalue weighted by Crippen LogP contribution is -2.26. The zero-order chi connectivity index (χ0) is 14.9. The lowest BCUT2D eigenvalue weighted by atomic mass is 10.1. The highest BCUT2D eigenvalue weighted by Gasteiger charge is 2.27. The normalized spacial score (nSPS) is 18.3. The lowest BCUT2D eigenvalue weighted by Gasteiger charge is -2.18. The molecule has 5 heteroatoms. The van der Waals surface area contributed by atoms with Crippen LogP contribution < -0.4 is 0 Å². The summed E-state index contributed by atoms with van der Waals surface area (Å²) in [5.74, 6) is 0.254. The summed E-state index contributed by atoms with van der Waals surface area (Å²) in [6.45, 7) is 2.47. The Labute approximate surface area is 129 Å². The van der Waals surface area contributed by atoms with Gasteiger partial charge in [-0.1, -0.05) is 29.8 Å². The van der Waals surface area contributed by atoms with Crippen molar-refractivity contribution in [1.82, 2.24) is 4.31 Å². The molecule has 1 aromatic carbocycles. The third-order valence-corrected chi connectivity index (χ3v) is 6.26. The molecule has 2 aromatic rings. The van der Waals surface area contributed by atoms with Gasteiger partial charge in [0, 0.05) is 23.5 Å². The largest absolute Gasteiger partial charge is 0.273 e. The zero-order valence-electron chi connectivity index (χ0n) is 11.8. The van der Waals surface area contributed by atoms with Crippen molar-refractivity contribution in [2.24, 2.45) is 5.92 Å². The molecule has 1 aliphatic rings. The molecule has 0 fully saturated rings. The number of hydrogen-bond donors (Lipinski definition) is 0. The molecule has 110 valence electrons. The highest BCUT2D eigenvalue weighted by molar-refractivity contribution is 7.89. The molecule has 1 aliphatic heterocycles. The van der Waals surface area contributed by atoms with E-state index in [2.05, 4.69) is 11.4 Å². The third kappa shape index (κ3) is 3.04. The van der Waals surface area contributed by atoms with Gasteiger partial charge in [0.1, 0.15) is 0 Å². The van der Waals surface area contributed by atoms with Crippen molar-refractivity contribution in [3.05, 3.63) is 64.5 Å². The third-order valence-electron chi connectivity index (χ3n) is 3.61. The molecule has 3 rings (SSSR count). The summed E-state index contributed by atoms with van der Waals surface area (Å²) in [5.41, 5.74) is 1.06. The quantitative estimate of drug-likeness (QED) is 0.866. The van der Waals surface area contributed by atoms with Gasteiger partial charge in [-0.05, 0) is 36.9 Å². The summed E-state index contributed by atoms with van der Waals surface area (Å²) < 4.78 is 26.6. The van der Waals surface area contributed by atoms with Crippen LogP contribution in [0.3, 0.4) is 0 Å². The predicted octanol–water partition coefficient (Wildman–Crippen LogP) is 3.43. The van der Waals surface area contributed by atoms with Crippen LogP contribution >= 0.6 is 11.3 Å². The van der Waals surface area contributed by atoms with Crippen molar-refractivity contribution in [2.45, 2.75) is 18.2 Å². The van der Waals surface area contributed by atoms with Crippen LogP contribution in [0.4, 0.5) is 0 Å². The first kappa shape index (κ1) is 14.4. The average Bonchev–Trinajstić information content (AvgIpc) is 3.11. The number of rotatable bonds is 4. The second-order valence-electron chi connectivity index (χ2n) is 5.27.